The van der Waals surface area contributed by atoms with E-state index in [4.69, 9.17) is 13.9 Å². The van der Waals surface area contributed by atoms with Gasteiger partial charge in [0.1, 0.15) is 5.75 Å². The van der Waals surface area contributed by atoms with E-state index >= 15 is 0 Å². The average Bonchev–Trinajstić information content (AvgIpc) is 2.58. The van der Waals surface area contributed by atoms with Crippen LogP contribution in [0.25, 0.3) is 0 Å². The first-order valence-electron chi connectivity index (χ1n) is 10.1. The lowest BCUT2D eigenvalue weighted by Gasteiger charge is -2.42. The molecule has 5 heteroatoms. The Bertz CT molecular complexity index is 616. The largest absolute Gasteiger partial charge is 0.497 e. The van der Waals surface area contributed by atoms with Crippen LogP contribution < -0.4 is 4.74 Å². The fraction of sp³-hybridized carbons (Fsp3) is 0.652. The molecular weight excluding hydrogens is 479 g/mol. The molecule has 160 valence electrons. The normalized spacial score (nSPS) is 16.6. The van der Waals surface area contributed by atoms with Gasteiger partial charge in [-0.25, -0.2) is 0 Å². The van der Waals surface area contributed by atoms with Crippen LogP contribution in [0, 0.1) is 11.8 Å². The minimum atomic E-state index is -1.86. The Labute approximate surface area is 187 Å². The number of benzene rings is 1. The Hall–Kier alpha value is -0.373. The molecule has 0 aliphatic carbocycles. The highest BCUT2D eigenvalue weighted by Gasteiger charge is 2.41. The van der Waals surface area contributed by atoms with Gasteiger partial charge in [-0.05, 0) is 68.9 Å². The maximum Gasteiger partial charge on any atom is 0.192 e. The Morgan fingerprint density at radius 3 is 2.18 bits per heavy atom. The second-order valence-corrected chi connectivity index (χ2v) is 15.8. The molecule has 28 heavy (non-hydrogen) atoms. The summed E-state index contributed by atoms with van der Waals surface area (Å²) in [7, 11) is -0.176. The number of halogens is 1. The fourth-order valence-corrected chi connectivity index (χ4v) is 4.94. The van der Waals surface area contributed by atoms with Crippen molar-refractivity contribution < 1.29 is 13.9 Å². The van der Waals surface area contributed by atoms with Gasteiger partial charge in [0.25, 0.3) is 0 Å². The summed E-state index contributed by atoms with van der Waals surface area (Å²) in [4.78, 5) is 0. The lowest BCUT2D eigenvalue weighted by molar-refractivity contribution is 0.0194. The van der Waals surface area contributed by atoms with Crippen molar-refractivity contribution in [3.63, 3.8) is 0 Å². The molecule has 1 aromatic carbocycles. The summed E-state index contributed by atoms with van der Waals surface area (Å²) >= 11 is 2.39. The van der Waals surface area contributed by atoms with Crippen LogP contribution >= 0.6 is 22.6 Å². The quantitative estimate of drug-likeness (QED) is 0.242. The van der Waals surface area contributed by atoms with E-state index in [1.165, 1.54) is 3.58 Å². The highest BCUT2D eigenvalue weighted by atomic mass is 127. The fourth-order valence-electron chi connectivity index (χ4n) is 2.90. The summed E-state index contributed by atoms with van der Waals surface area (Å²) in [6.45, 7) is 19.5. The third kappa shape index (κ3) is 8.17. The molecule has 0 fully saturated rings. The molecule has 0 aliphatic heterocycles. The lowest BCUT2D eigenvalue weighted by Crippen LogP contribution is -2.47. The molecule has 3 atom stereocenters. The molecule has 0 N–H and O–H groups in total. The van der Waals surface area contributed by atoms with E-state index < -0.39 is 8.32 Å². The van der Waals surface area contributed by atoms with Crippen molar-refractivity contribution in [2.75, 3.05) is 13.7 Å². The van der Waals surface area contributed by atoms with E-state index in [1.807, 2.05) is 12.1 Å². The second kappa shape index (κ2) is 11.1. The molecule has 0 spiro atoms. The van der Waals surface area contributed by atoms with Crippen LogP contribution in [0.15, 0.2) is 33.9 Å². The number of rotatable bonds is 10. The van der Waals surface area contributed by atoms with Crippen LogP contribution in [0.3, 0.4) is 0 Å². The van der Waals surface area contributed by atoms with Gasteiger partial charge in [0.2, 0.25) is 0 Å². The molecule has 0 saturated heterocycles. The van der Waals surface area contributed by atoms with Crippen molar-refractivity contribution in [2.24, 2.45) is 11.8 Å². The van der Waals surface area contributed by atoms with Crippen LogP contribution in [0.1, 0.15) is 47.1 Å². The molecule has 0 amide bonds. The van der Waals surface area contributed by atoms with Gasteiger partial charge in [0.05, 0.1) is 26.4 Å². The van der Waals surface area contributed by atoms with Crippen LogP contribution in [-0.4, -0.2) is 28.1 Å². The Kier molecular flexibility index (Phi) is 10.2. The van der Waals surface area contributed by atoms with E-state index in [0.717, 1.165) is 11.3 Å². The summed E-state index contributed by atoms with van der Waals surface area (Å²) in [6, 6.07) is 8.05. The number of methoxy groups -OCH3 is 1. The summed E-state index contributed by atoms with van der Waals surface area (Å²) in [5.41, 5.74) is 1.16. The van der Waals surface area contributed by atoms with Crippen LogP contribution in [0.2, 0.25) is 18.1 Å². The van der Waals surface area contributed by atoms with Crippen molar-refractivity contribution in [3.8, 4) is 5.75 Å². The van der Waals surface area contributed by atoms with E-state index in [1.54, 1.807) is 7.11 Å². The molecule has 1 rings (SSSR count). The smallest absolute Gasteiger partial charge is 0.192 e. The molecule has 3 nitrogen and oxygen atoms in total. The number of allylic oxidation sites excluding steroid dienone is 1. The maximum atomic E-state index is 6.85. The third-order valence-electron chi connectivity index (χ3n) is 5.62. The van der Waals surface area contributed by atoms with Crippen molar-refractivity contribution in [1.29, 1.82) is 0 Å². The van der Waals surface area contributed by atoms with Crippen molar-refractivity contribution in [2.45, 2.75) is 72.4 Å². The van der Waals surface area contributed by atoms with Crippen LogP contribution in [0.4, 0.5) is 0 Å². The summed E-state index contributed by atoms with van der Waals surface area (Å²) in [5, 5.41) is 0.192. The van der Waals surface area contributed by atoms with Crippen LogP contribution in [-0.2, 0) is 15.8 Å². The Morgan fingerprint density at radius 2 is 1.71 bits per heavy atom. The minimum Gasteiger partial charge on any atom is -0.497 e. The lowest BCUT2D eigenvalue weighted by atomic mass is 9.94. The average molecular weight is 519 g/mol. The zero-order valence-corrected chi connectivity index (χ0v) is 22.3. The monoisotopic (exact) mass is 518 g/mol. The molecule has 0 bridgehead atoms. The SMILES string of the molecule is COc1ccc(COC[C@H](C)C(O[Si](C)(C)C(C)(C)C)[C@@H](C)/C=C(/C)I)cc1. The van der Waals surface area contributed by atoms with Gasteiger partial charge >= 0.3 is 0 Å². The van der Waals surface area contributed by atoms with Gasteiger partial charge < -0.3 is 13.9 Å². The first kappa shape index (κ1) is 25.7. The van der Waals surface area contributed by atoms with Gasteiger partial charge in [0.15, 0.2) is 8.32 Å². The minimum absolute atomic E-state index is 0.154. The zero-order chi connectivity index (χ0) is 21.5. The molecular formula is C23H39IO3Si. The zero-order valence-electron chi connectivity index (χ0n) is 19.1. The second-order valence-electron chi connectivity index (χ2n) is 9.30. The van der Waals surface area contributed by atoms with Gasteiger partial charge in [-0.1, -0.05) is 52.8 Å². The van der Waals surface area contributed by atoms with Gasteiger partial charge in [-0.15, -0.1) is 0 Å². The molecule has 1 aromatic rings. The highest BCUT2D eigenvalue weighted by Crippen LogP contribution is 2.39. The number of ether oxygens (including phenoxy) is 2. The number of hydrogen-bond acceptors (Lipinski definition) is 3. The molecule has 0 aliphatic rings. The third-order valence-corrected chi connectivity index (χ3v) is 10.5. The van der Waals surface area contributed by atoms with Gasteiger partial charge in [-0.3, -0.25) is 0 Å². The topological polar surface area (TPSA) is 27.7 Å². The van der Waals surface area contributed by atoms with Gasteiger partial charge in [-0.2, -0.15) is 0 Å². The van der Waals surface area contributed by atoms with Crippen molar-refractivity contribution in [1.82, 2.24) is 0 Å². The Morgan fingerprint density at radius 1 is 1.14 bits per heavy atom. The van der Waals surface area contributed by atoms with Gasteiger partial charge in [0, 0.05) is 11.8 Å². The first-order chi connectivity index (χ1) is 12.9. The summed E-state index contributed by atoms with van der Waals surface area (Å²) < 4.78 is 19.4. The molecule has 0 heterocycles. The van der Waals surface area contributed by atoms with E-state index in [2.05, 4.69) is 95.4 Å². The van der Waals surface area contributed by atoms with E-state index in [-0.39, 0.29) is 11.1 Å². The van der Waals surface area contributed by atoms with Crippen LogP contribution in [0.5, 0.6) is 5.75 Å². The summed E-state index contributed by atoms with van der Waals surface area (Å²) in [6.07, 6.45) is 2.47. The molecule has 0 saturated carbocycles. The first-order valence-corrected chi connectivity index (χ1v) is 14.1. The van der Waals surface area contributed by atoms with E-state index in [9.17, 15) is 0 Å². The predicted octanol–water partition coefficient (Wildman–Crippen LogP) is 7.21. The molecule has 0 radical (unpaired) electrons. The standard InChI is InChI=1S/C23H39IO3Si/c1-17(14-19(3)24)22(27-28(8,9)23(4,5)6)18(2)15-26-16-20-10-12-21(25-7)13-11-20/h10-14,17-18,22H,15-16H2,1-9H3/b19-14-/t17-,18-,22?/m0/s1. The molecule has 1 unspecified atom stereocenters. The maximum absolute atomic E-state index is 6.85. The highest BCUT2D eigenvalue weighted by molar-refractivity contribution is 14.1. The predicted molar refractivity (Wildman–Crippen MR) is 131 cm³/mol. The molecule has 0 aromatic heterocycles. The number of hydrogen-bond donors (Lipinski definition) is 0. The van der Waals surface area contributed by atoms with E-state index in [0.29, 0.717) is 25.0 Å². The summed E-state index contributed by atoms with van der Waals surface area (Å²) in [5.74, 6) is 1.54. The van der Waals surface area contributed by atoms with Crippen molar-refractivity contribution >= 4 is 30.9 Å². The Balaban J connectivity index is 2.80. The van der Waals surface area contributed by atoms with Crippen molar-refractivity contribution in [3.05, 3.63) is 39.5 Å².